The first-order valence-corrected chi connectivity index (χ1v) is 8.48. The fraction of sp³-hybridized carbons (Fsp3) is 0.500. The van der Waals surface area contributed by atoms with E-state index in [1.165, 1.54) is 0 Å². The molecule has 2 unspecified atom stereocenters. The molecule has 6 heteroatoms. The lowest BCUT2D eigenvalue weighted by Crippen LogP contribution is -2.32. The highest BCUT2D eigenvalue weighted by atomic mass is 16.4. The largest absolute Gasteiger partial charge is 0.481 e. The minimum absolute atomic E-state index is 0.180. The van der Waals surface area contributed by atoms with Gasteiger partial charge in [-0.15, -0.1) is 0 Å². The molecule has 0 aliphatic heterocycles. The van der Waals surface area contributed by atoms with Crippen LogP contribution in [-0.2, 0) is 9.59 Å². The zero-order chi connectivity index (χ0) is 17.1. The van der Waals surface area contributed by atoms with Crippen LogP contribution in [0.1, 0.15) is 48.9 Å². The van der Waals surface area contributed by atoms with Crippen LogP contribution >= 0.6 is 0 Å². The molecule has 2 atom stereocenters. The quantitative estimate of drug-likeness (QED) is 0.772. The van der Waals surface area contributed by atoms with E-state index in [-0.39, 0.29) is 23.8 Å². The summed E-state index contributed by atoms with van der Waals surface area (Å²) < 4.78 is 0. The Morgan fingerprint density at radius 2 is 1.71 bits per heavy atom. The Kier molecular flexibility index (Phi) is 4.83. The van der Waals surface area contributed by atoms with E-state index < -0.39 is 11.9 Å². The van der Waals surface area contributed by atoms with Gasteiger partial charge in [-0.1, -0.05) is 18.6 Å². The van der Waals surface area contributed by atoms with Crippen molar-refractivity contribution in [2.24, 2.45) is 11.8 Å². The molecule has 1 aromatic rings. The topological polar surface area (TPSA) is 95.5 Å². The van der Waals surface area contributed by atoms with Gasteiger partial charge in [0.1, 0.15) is 0 Å². The molecule has 0 radical (unpaired) electrons. The lowest BCUT2D eigenvalue weighted by atomic mass is 9.81. The molecule has 0 saturated heterocycles. The van der Waals surface area contributed by atoms with Gasteiger partial charge in [0.2, 0.25) is 5.91 Å². The van der Waals surface area contributed by atoms with Gasteiger partial charge < -0.3 is 15.7 Å². The third-order valence-electron chi connectivity index (χ3n) is 4.74. The maximum absolute atomic E-state index is 12.5. The van der Waals surface area contributed by atoms with E-state index in [9.17, 15) is 14.4 Å². The Hall–Kier alpha value is -2.37. The predicted octanol–water partition coefficient (Wildman–Crippen LogP) is 2.41. The zero-order valence-corrected chi connectivity index (χ0v) is 13.5. The summed E-state index contributed by atoms with van der Waals surface area (Å²) in [5, 5.41) is 14.9. The minimum Gasteiger partial charge on any atom is -0.481 e. The van der Waals surface area contributed by atoms with E-state index >= 15 is 0 Å². The number of hydrogen-bond donors (Lipinski definition) is 3. The minimum atomic E-state index is -0.836. The number of benzene rings is 1. The third-order valence-corrected chi connectivity index (χ3v) is 4.74. The number of carboxylic acids is 1. The second-order valence-corrected chi connectivity index (χ2v) is 6.68. The number of hydrogen-bond acceptors (Lipinski definition) is 3. The summed E-state index contributed by atoms with van der Waals surface area (Å²) in [4.78, 5) is 35.9. The van der Waals surface area contributed by atoms with Crippen molar-refractivity contribution in [2.75, 3.05) is 5.32 Å². The molecular formula is C18H22N2O4. The molecule has 2 saturated carbocycles. The molecule has 3 N–H and O–H groups in total. The molecule has 3 rings (SSSR count). The van der Waals surface area contributed by atoms with Crippen LogP contribution in [0, 0.1) is 11.8 Å². The van der Waals surface area contributed by atoms with E-state index in [0.29, 0.717) is 30.5 Å². The van der Waals surface area contributed by atoms with Gasteiger partial charge in [-0.2, -0.15) is 0 Å². The average molecular weight is 330 g/mol. The van der Waals surface area contributed by atoms with Crippen molar-refractivity contribution < 1.29 is 19.5 Å². The molecule has 0 heterocycles. The van der Waals surface area contributed by atoms with Gasteiger partial charge in [0.25, 0.3) is 5.91 Å². The number of carboxylic acid groups (broad SMARTS) is 1. The average Bonchev–Trinajstić information content (AvgIpc) is 3.39. The van der Waals surface area contributed by atoms with Crippen molar-refractivity contribution in [1.82, 2.24) is 5.32 Å². The number of aliphatic carboxylic acids is 1. The molecule has 2 aliphatic carbocycles. The van der Waals surface area contributed by atoms with E-state index in [0.717, 1.165) is 19.3 Å². The van der Waals surface area contributed by atoms with Crippen LogP contribution in [-0.4, -0.2) is 28.9 Å². The maximum Gasteiger partial charge on any atom is 0.306 e. The molecule has 0 aromatic heterocycles. The normalized spacial score (nSPS) is 23.3. The van der Waals surface area contributed by atoms with Crippen molar-refractivity contribution in [1.29, 1.82) is 0 Å². The van der Waals surface area contributed by atoms with E-state index in [4.69, 9.17) is 5.11 Å². The van der Waals surface area contributed by atoms with Crippen LogP contribution in [0.4, 0.5) is 5.69 Å². The SMILES string of the molecule is O=C(NC1CC1)c1ccccc1NC(=O)C1CCCC(C(=O)O)C1. The van der Waals surface area contributed by atoms with Gasteiger partial charge in [-0.05, 0) is 44.2 Å². The summed E-state index contributed by atoms with van der Waals surface area (Å²) in [6.45, 7) is 0. The van der Waals surface area contributed by atoms with Crippen LogP contribution in [0.3, 0.4) is 0 Å². The highest BCUT2D eigenvalue weighted by Gasteiger charge is 2.31. The van der Waals surface area contributed by atoms with Gasteiger partial charge in [-0.25, -0.2) is 0 Å². The number of amides is 2. The summed E-state index contributed by atoms with van der Waals surface area (Å²) in [5.41, 5.74) is 0.932. The fourth-order valence-corrected chi connectivity index (χ4v) is 3.17. The van der Waals surface area contributed by atoms with E-state index in [1.807, 2.05) is 0 Å². The zero-order valence-electron chi connectivity index (χ0n) is 13.5. The molecule has 2 amide bonds. The highest BCUT2D eigenvalue weighted by Crippen LogP contribution is 2.30. The molecule has 1 aromatic carbocycles. The second kappa shape index (κ2) is 7.03. The Morgan fingerprint density at radius 3 is 2.42 bits per heavy atom. The summed E-state index contributed by atoms with van der Waals surface area (Å²) in [6.07, 6.45) is 4.40. The summed E-state index contributed by atoms with van der Waals surface area (Å²) in [7, 11) is 0. The monoisotopic (exact) mass is 330 g/mol. The van der Waals surface area contributed by atoms with Crippen molar-refractivity contribution in [2.45, 2.75) is 44.6 Å². The lowest BCUT2D eigenvalue weighted by Gasteiger charge is -2.26. The number of para-hydroxylation sites is 1. The lowest BCUT2D eigenvalue weighted by molar-refractivity contribution is -0.143. The molecular weight excluding hydrogens is 308 g/mol. The van der Waals surface area contributed by atoms with E-state index in [2.05, 4.69) is 10.6 Å². The molecule has 24 heavy (non-hydrogen) atoms. The Bertz CT molecular complexity index is 654. The standard InChI is InChI=1S/C18H22N2O4/c21-16(11-4-3-5-12(10-11)18(23)24)20-15-7-2-1-6-14(15)17(22)19-13-8-9-13/h1-2,6-7,11-13H,3-5,8-10H2,(H,19,22)(H,20,21)(H,23,24). The number of carbonyl (C=O) groups is 3. The summed E-state index contributed by atoms with van der Waals surface area (Å²) >= 11 is 0. The number of anilines is 1. The van der Waals surface area contributed by atoms with Crippen LogP contribution in [0.15, 0.2) is 24.3 Å². The Morgan fingerprint density at radius 1 is 1.00 bits per heavy atom. The van der Waals surface area contributed by atoms with Crippen LogP contribution in [0.2, 0.25) is 0 Å². The first kappa shape index (κ1) is 16.5. The van der Waals surface area contributed by atoms with Crippen molar-refractivity contribution in [3.05, 3.63) is 29.8 Å². The first-order valence-electron chi connectivity index (χ1n) is 8.48. The number of nitrogens with one attached hydrogen (secondary N) is 2. The van der Waals surface area contributed by atoms with Crippen LogP contribution in [0.5, 0.6) is 0 Å². The Balaban J connectivity index is 1.67. The Labute approximate surface area is 140 Å². The van der Waals surface area contributed by atoms with Crippen molar-refractivity contribution in [3.8, 4) is 0 Å². The van der Waals surface area contributed by atoms with Crippen LogP contribution in [0.25, 0.3) is 0 Å². The molecule has 2 aliphatic rings. The van der Waals surface area contributed by atoms with Gasteiger partial charge in [0.05, 0.1) is 17.2 Å². The maximum atomic E-state index is 12.5. The molecule has 2 fully saturated rings. The van der Waals surface area contributed by atoms with Crippen LogP contribution < -0.4 is 10.6 Å². The van der Waals surface area contributed by atoms with Gasteiger partial charge in [0.15, 0.2) is 0 Å². The third kappa shape index (κ3) is 3.93. The number of carbonyl (C=O) groups excluding carboxylic acids is 2. The second-order valence-electron chi connectivity index (χ2n) is 6.68. The number of rotatable bonds is 5. The smallest absolute Gasteiger partial charge is 0.306 e. The van der Waals surface area contributed by atoms with E-state index in [1.54, 1.807) is 24.3 Å². The molecule has 6 nitrogen and oxygen atoms in total. The molecule has 128 valence electrons. The molecule has 0 spiro atoms. The van der Waals surface area contributed by atoms with Gasteiger partial charge >= 0.3 is 5.97 Å². The van der Waals surface area contributed by atoms with Crippen molar-refractivity contribution >= 4 is 23.5 Å². The summed E-state index contributed by atoms with van der Waals surface area (Å²) in [5.74, 6) is -1.99. The predicted molar refractivity (Wildman–Crippen MR) is 88.6 cm³/mol. The summed E-state index contributed by atoms with van der Waals surface area (Å²) in [6, 6.07) is 7.17. The van der Waals surface area contributed by atoms with Gasteiger partial charge in [-0.3, -0.25) is 14.4 Å². The van der Waals surface area contributed by atoms with Crippen molar-refractivity contribution in [3.63, 3.8) is 0 Å². The fourth-order valence-electron chi connectivity index (χ4n) is 3.17. The van der Waals surface area contributed by atoms with Gasteiger partial charge in [0, 0.05) is 12.0 Å². The molecule has 0 bridgehead atoms. The highest BCUT2D eigenvalue weighted by molar-refractivity contribution is 6.04. The first-order chi connectivity index (χ1) is 11.5.